The maximum atomic E-state index is 13.3. The summed E-state index contributed by atoms with van der Waals surface area (Å²) in [6.07, 6.45) is 6.71. The highest BCUT2D eigenvalue weighted by atomic mass is 35.5. The number of aromatic nitrogens is 3. The number of ether oxygens (including phenoxy) is 1. The Morgan fingerprint density at radius 3 is 2.24 bits per heavy atom. The first-order valence-electron chi connectivity index (χ1n) is 12.6. The van der Waals surface area contributed by atoms with Crippen LogP contribution in [0.3, 0.4) is 0 Å². The molecule has 0 N–H and O–H groups in total. The van der Waals surface area contributed by atoms with Gasteiger partial charge in [0.15, 0.2) is 0 Å². The van der Waals surface area contributed by atoms with Gasteiger partial charge in [-0.05, 0) is 57.9 Å². The number of halogens is 1. The zero-order valence-corrected chi connectivity index (χ0v) is 22.2. The van der Waals surface area contributed by atoms with Crippen molar-refractivity contribution in [3.63, 3.8) is 0 Å². The average molecular weight is 522 g/mol. The topological polar surface area (TPSA) is 80.6 Å². The highest BCUT2D eigenvalue weighted by Crippen LogP contribution is 2.41. The van der Waals surface area contributed by atoms with Gasteiger partial charge >= 0.3 is 6.09 Å². The molecule has 2 aromatic heterocycles. The fourth-order valence-corrected chi connectivity index (χ4v) is 5.25. The largest absolute Gasteiger partial charge is 0.444 e. The number of amides is 2. The fraction of sp³-hybridized carbons (Fsp3) is 0.429. The molecule has 0 saturated carbocycles. The lowest BCUT2D eigenvalue weighted by molar-refractivity contribution is -0.147. The number of benzene rings is 1. The number of carbonyl (C=O) groups is 2. The molecule has 2 aliphatic rings. The van der Waals surface area contributed by atoms with Crippen molar-refractivity contribution in [1.82, 2.24) is 24.3 Å². The number of imidazole rings is 1. The molecule has 2 saturated heterocycles. The second kappa shape index (κ2) is 9.82. The zero-order valence-electron chi connectivity index (χ0n) is 21.5. The Balaban J connectivity index is 1.25. The van der Waals surface area contributed by atoms with E-state index >= 15 is 0 Å². The van der Waals surface area contributed by atoms with Crippen molar-refractivity contribution in [2.45, 2.75) is 45.8 Å². The molecule has 194 valence electrons. The lowest BCUT2D eigenvalue weighted by Crippen LogP contribution is -2.62. The minimum atomic E-state index is -0.498. The first kappa shape index (κ1) is 25.3. The van der Waals surface area contributed by atoms with Crippen LogP contribution in [0.25, 0.3) is 22.5 Å². The van der Waals surface area contributed by atoms with Gasteiger partial charge in [-0.25, -0.2) is 9.78 Å². The van der Waals surface area contributed by atoms with Crippen molar-refractivity contribution >= 4 is 23.6 Å². The van der Waals surface area contributed by atoms with Crippen LogP contribution in [0.15, 0.2) is 55.1 Å². The van der Waals surface area contributed by atoms with Crippen LogP contribution in [0.4, 0.5) is 4.79 Å². The molecule has 2 fully saturated rings. The van der Waals surface area contributed by atoms with Gasteiger partial charge in [0.05, 0.1) is 17.7 Å². The van der Waals surface area contributed by atoms with Crippen LogP contribution in [0.5, 0.6) is 0 Å². The van der Waals surface area contributed by atoms with Gasteiger partial charge in [-0.2, -0.15) is 0 Å². The maximum Gasteiger partial charge on any atom is 0.410 e. The number of nitrogens with zero attached hydrogens (tertiary/aromatic N) is 5. The standard InChI is InChI=1S/C28H32ClN5O3/c1-27(2,3)37-26(36)32-14-10-28(11-15-32)17-34(18-28)23(35)16-33-19-31-24(20-4-6-22(29)7-5-20)25(33)21-8-12-30-13-9-21/h4-9,12-13,19H,10-11,14-18H2,1-3H3. The molecule has 8 nitrogen and oxygen atoms in total. The average Bonchev–Trinajstić information content (AvgIpc) is 3.26. The second-order valence-electron chi connectivity index (χ2n) is 11.0. The molecular formula is C28H32ClN5O3. The Morgan fingerprint density at radius 2 is 1.62 bits per heavy atom. The summed E-state index contributed by atoms with van der Waals surface area (Å²) in [5.74, 6) is 0.0653. The number of likely N-dealkylation sites (tertiary alicyclic amines) is 2. The van der Waals surface area contributed by atoms with E-state index in [1.165, 1.54) is 0 Å². The Labute approximate surface area is 222 Å². The van der Waals surface area contributed by atoms with Crippen molar-refractivity contribution in [2.75, 3.05) is 26.2 Å². The summed E-state index contributed by atoms with van der Waals surface area (Å²) in [5, 5.41) is 0.660. The van der Waals surface area contributed by atoms with Crippen molar-refractivity contribution in [3.05, 3.63) is 60.1 Å². The minimum Gasteiger partial charge on any atom is -0.444 e. The molecule has 37 heavy (non-hydrogen) atoms. The summed E-state index contributed by atoms with van der Waals surface area (Å²) < 4.78 is 7.43. The number of pyridine rings is 1. The van der Waals surface area contributed by atoms with Crippen LogP contribution in [0.2, 0.25) is 5.02 Å². The molecule has 0 aliphatic carbocycles. The van der Waals surface area contributed by atoms with Crippen LogP contribution in [-0.4, -0.2) is 68.1 Å². The third kappa shape index (κ3) is 5.49. The monoisotopic (exact) mass is 521 g/mol. The molecule has 4 heterocycles. The van der Waals surface area contributed by atoms with Gasteiger partial charge in [-0.1, -0.05) is 23.7 Å². The van der Waals surface area contributed by atoms with Crippen LogP contribution in [0.1, 0.15) is 33.6 Å². The quantitative estimate of drug-likeness (QED) is 0.475. The molecule has 1 spiro atoms. The maximum absolute atomic E-state index is 13.3. The van der Waals surface area contributed by atoms with E-state index in [1.54, 1.807) is 23.6 Å². The second-order valence-corrected chi connectivity index (χ2v) is 11.5. The SMILES string of the molecule is CC(C)(C)OC(=O)N1CCC2(CC1)CN(C(=O)Cn1cnc(-c3ccc(Cl)cc3)c1-c1ccncc1)C2. The van der Waals surface area contributed by atoms with Crippen molar-refractivity contribution in [1.29, 1.82) is 0 Å². The number of piperidine rings is 1. The summed E-state index contributed by atoms with van der Waals surface area (Å²) >= 11 is 6.09. The molecule has 2 amide bonds. The zero-order chi connectivity index (χ0) is 26.2. The number of hydrogen-bond acceptors (Lipinski definition) is 5. The molecule has 0 unspecified atom stereocenters. The van der Waals surface area contributed by atoms with Crippen molar-refractivity contribution in [3.8, 4) is 22.5 Å². The Kier molecular flexibility index (Phi) is 6.70. The van der Waals surface area contributed by atoms with Crippen LogP contribution in [0, 0.1) is 5.41 Å². The highest BCUT2D eigenvalue weighted by Gasteiger charge is 2.47. The normalized spacial score (nSPS) is 17.0. The van der Waals surface area contributed by atoms with Crippen LogP contribution in [-0.2, 0) is 16.1 Å². The lowest BCUT2D eigenvalue weighted by Gasteiger charge is -2.53. The van der Waals surface area contributed by atoms with Gasteiger partial charge < -0.3 is 19.1 Å². The van der Waals surface area contributed by atoms with E-state index in [0.717, 1.165) is 48.4 Å². The molecule has 0 radical (unpaired) electrons. The minimum absolute atomic E-state index is 0.0653. The van der Waals surface area contributed by atoms with Gasteiger partial charge in [0.1, 0.15) is 12.1 Å². The number of carbonyl (C=O) groups excluding carboxylic acids is 2. The van der Waals surface area contributed by atoms with Gasteiger partial charge in [0, 0.05) is 60.1 Å². The first-order valence-corrected chi connectivity index (χ1v) is 13.0. The van der Waals surface area contributed by atoms with E-state index in [9.17, 15) is 9.59 Å². The predicted octanol–water partition coefficient (Wildman–Crippen LogP) is 5.13. The first-order chi connectivity index (χ1) is 17.6. The molecule has 1 aromatic carbocycles. The van der Waals surface area contributed by atoms with Gasteiger partial charge in [-0.3, -0.25) is 9.78 Å². The molecule has 9 heteroatoms. The molecule has 0 bridgehead atoms. The lowest BCUT2D eigenvalue weighted by atomic mass is 9.72. The molecule has 5 rings (SSSR count). The Bertz CT molecular complexity index is 1270. The smallest absolute Gasteiger partial charge is 0.410 e. The van der Waals surface area contributed by atoms with Crippen molar-refractivity contribution in [2.24, 2.45) is 5.41 Å². The molecule has 2 aliphatic heterocycles. The molecule has 0 atom stereocenters. The van der Waals surface area contributed by atoms with Crippen molar-refractivity contribution < 1.29 is 14.3 Å². The molecular weight excluding hydrogens is 490 g/mol. The summed E-state index contributed by atoms with van der Waals surface area (Å²) in [5.41, 5.74) is 3.14. The third-order valence-electron chi connectivity index (χ3n) is 7.10. The van der Waals surface area contributed by atoms with E-state index in [0.29, 0.717) is 18.1 Å². The fourth-order valence-electron chi connectivity index (χ4n) is 5.13. The summed E-state index contributed by atoms with van der Waals surface area (Å²) in [4.78, 5) is 38.2. The highest BCUT2D eigenvalue weighted by molar-refractivity contribution is 6.30. The van der Waals surface area contributed by atoms with E-state index in [2.05, 4.69) is 9.97 Å². The predicted molar refractivity (Wildman–Crippen MR) is 142 cm³/mol. The van der Waals surface area contributed by atoms with Gasteiger partial charge in [0.25, 0.3) is 0 Å². The number of rotatable bonds is 4. The van der Waals surface area contributed by atoms with E-state index in [1.807, 2.05) is 66.6 Å². The molecule has 3 aromatic rings. The van der Waals surface area contributed by atoms with E-state index in [-0.39, 0.29) is 24.0 Å². The van der Waals surface area contributed by atoms with Crippen LogP contribution >= 0.6 is 11.6 Å². The Hall–Kier alpha value is -3.39. The summed E-state index contributed by atoms with van der Waals surface area (Å²) in [6.45, 7) is 8.61. The van der Waals surface area contributed by atoms with Gasteiger partial charge in [0.2, 0.25) is 5.91 Å². The van der Waals surface area contributed by atoms with E-state index < -0.39 is 5.60 Å². The summed E-state index contributed by atoms with van der Waals surface area (Å²) in [6, 6.07) is 11.4. The Morgan fingerprint density at radius 1 is 0.973 bits per heavy atom. The third-order valence-corrected chi connectivity index (χ3v) is 7.35. The number of hydrogen-bond donors (Lipinski definition) is 0. The summed E-state index contributed by atoms with van der Waals surface area (Å²) in [7, 11) is 0. The van der Waals surface area contributed by atoms with Gasteiger partial charge in [-0.15, -0.1) is 0 Å². The van der Waals surface area contributed by atoms with Crippen LogP contribution < -0.4 is 0 Å². The van der Waals surface area contributed by atoms with E-state index in [4.69, 9.17) is 16.3 Å².